The first kappa shape index (κ1) is 15.1. The van der Waals surface area contributed by atoms with Crippen molar-refractivity contribution in [2.75, 3.05) is 18.2 Å². The number of anilines is 1. The summed E-state index contributed by atoms with van der Waals surface area (Å²) in [6.45, 7) is 0. The van der Waals surface area contributed by atoms with Gasteiger partial charge in [-0.15, -0.1) is 0 Å². The summed E-state index contributed by atoms with van der Waals surface area (Å²) in [6.07, 6.45) is 2.15. The normalized spacial score (nSPS) is 19.3. The van der Waals surface area contributed by atoms with Gasteiger partial charge in [0.15, 0.2) is 9.84 Å². The molecule has 0 aliphatic carbocycles. The molecular formula is C15H15ClN2O3S. The lowest BCUT2D eigenvalue weighted by molar-refractivity contribution is 0.398. The van der Waals surface area contributed by atoms with Crippen LogP contribution < -0.4 is 10.1 Å². The molecule has 0 amide bonds. The van der Waals surface area contributed by atoms with E-state index < -0.39 is 9.84 Å². The number of nitrogens with one attached hydrogen (secondary N) is 1. The highest BCUT2D eigenvalue weighted by Gasteiger charge is 2.30. The molecule has 1 atom stereocenters. The van der Waals surface area contributed by atoms with Crippen LogP contribution in [0.4, 0.5) is 5.69 Å². The molecule has 22 heavy (non-hydrogen) atoms. The molecule has 0 radical (unpaired) electrons. The molecule has 0 bridgehead atoms. The molecule has 1 N–H and O–H groups in total. The number of pyridine rings is 1. The highest BCUT2D eigenvalue weighted by molar-refractivity contribution is 7.91. The zero-order chi connectivity index (χ0) is 15.7. The maximum absolute atomic E-state index is 12.2. The van der Waals surface area contributed by atoms with Gasteiger partial charge in [-0.05, 0) is 36.2 Å². The standard InChI is InChI=1S/C15H15ClN2O3S/c1-21-15-5-3-11(9-17-15)18-13-6-7-22(19,20)14-4-2-10(16)8-12(13)14/h2-5,8-9,13,18H,6-7H2,1H3/t13-/m1/s1. The largest absolute Gasteiger partial charge is 0.481 e. The molecule has 1 aliphatic heterocycles. The van der Waals surface area contributed by atoms with Gasteiger partial charge < -0.3 is 10.1 Å². The first-order valence-electron chi connectivity index (χ1n) is 6.78. The highest BCUT2D eigenvalue weighted by Crippen LogP contribution is 2.36. The summed E-state index contributed by atoms with van der Waals surface area (Å²) in [6, 6.07) is 8.37. The minimum absolute atomic E-state index is 0.114. The average Bonchev–Trinajstić information content (AvgIpc) is 2.51. The molecule has 1 aromatic carbocycles. The lowest BCUT2D eigenvalue weighted by atomic mass is 10.0. The maximum atomic E-state index is 12.2. The zero-order valence-electron chi connectivity index (χ0n) is 11.9. The second kappa shape index (κ2) is 5.78. The summed E-state index contributed by atoms with van der Waals surface area (Å²) in [4.78, 5) is 4.48. The molecule has 2 heterocycles. The van der Waals surface area contributed by atoms with Crippen LogP contribution in [0.15, 0.2) is 41.4 Å². The van der Waals surface area contributed by atoms with Crippen LogP contribution in [0.2, 0.25) is 5.02 Å². The molecule has 0 spiro atoms. The minimum atomic E-state index is -3.23. The number of fused-ring (bicyclic) bond motifs is 1. The molecule has 0 saturated heterocycles. The number of ether oxygens (including phenoxy) is 1. The smallest absolute Gasteiger partial charge is 0.213 e. The molecule has 5 nitrogen and oxygen atoms in total. The van der Waals surface area contributed by atoms with Gasteiger partial charge in [0.2, 0.25) is 5.88 Å². The van der Waals surface area contributed by atoms with Crippen molar-refractivity contribution < 1.29 is 13.2 Å². The van der Waals surface area contributed by atoms with Crippen molar-refractivity contribution in [3.05, 3.63) is 47.1 Å². The van der Waals surface area contributed by atoms with Crippen LogP contribution in [0.25, 0.3) is 0 Å². The number of aromatic nitrogens is 1. The number of nitrogens with zero attached hydrogens (tertiary/aromatic N) is 1. The Hall–Kier alpha value is -1.79. The van der Waals surface area contributed by atoms with Crippen molar-refractivity contribution in [2.45, 2.75) is 17.4 Å². The third-order valence-corrected chi connectivity index (χ3v) is 5.69. The SMILES string of the molecule is COc1ccc(N[C@@H]2CCS(=O)(=O)c3ccc(Cl)cc32)cn1. The van der Waals surface area contributed by atoms with Crippen molar-refractivity contribution >= 4 is 27.1 Å². The Labute approximate surface area is 134 Å². The number of sulfone groups is 1. The van der Waals surface area contributed by atoms with Gasteiger partial charge in [-0.25, -0.2) is 13.4 Å². The fourth-order valence-electron chi connectivity index (χ4n) is 2.55. The van der Waals surface area contributed by atoms with Gasteiger partial charge in [0.05, 0.1) is 35.7 Å². The summed E-state index contributed by atoms with van der Waals surface area (Å²) in [7, 11) is -1.67. The predicted molar refractivity (Wildman–Crippen MR) is 85.3 cm³/mol. The van der Waals surface area contributed by atoms with Crippen molar-refractivity contribution in [3.8, 4) is 5.88 Å². The summed E-state index contributed by atoms with van der Waals surface area (Å²) in [5, 5.41) is 3.84. The van der Waals surface area contributed by atoms with E-state index >= 15 is 0 Å². The second-order valence-corrected chi connectivity index (χ2v) is 7.59. The first-order valence-corrected chi connectivity index (χ1v) is 8.81. The van der Waals surface area contributed by atoms with Crippen molar-refractivity contribution in [2.24, 2.45) is 0 Å². The lowest BCUT2D eigenvalue weighted by Crippen LogP contribution is -2.24. The molecule has 1 aliphatic rings. The Balaban J connectivity index is 1.93. The van der Waals surface area contributed by atoms with Crippen molar-refractivity contribution in [1.29, 1.82) is 0 Å². The fourth-order valence-corrected chi connectivity index (χ4v) is 4.33. The van der Waals surface area contributed by atoms with Crippen LogP contribution in [-0.2, 0) is 9.84 Å². The van der Waals surface area contributed by atoms with E-state index in [0.29, 0.717) is 27.8 Å². The molecule has 7 heteroatoms. The molecule has 0 saturated carbocycles. The van der Waals surface area contributed by atoms with Gasteiger partial charge >= 0.3 is 0 Å². The van der Waals surface area contributed by atoms with E-state index in [1.807, 2.05) is 6.07 Å². The van der Waals surface area contributed by atoms with Crippen LogP contribution in [-0.4, -0.2) is 26.3 Å². The Morgan fingerprint density at radius 2 is 2.14 bits per heavy atom. The third-order valence-electron chi connectivity index (χ3n) is 3.64. The van der Waals surface area contributed by atoms with Crippen LogP contribution in [0, 0.1) is 0 Å². The number of hydrogen-bond acceptors (Lipinski definition) is 5. The van der Waals surface area contributed by atoms with Gasteiger partial charge in [-0.3, -0.25) is 0 Å². The van der Waals surface area contributed by atoms with E-state index in [9.17, 15) is 8.42 Å². The van der Waals surface area contributed by atoms with Crippen LogP contribution >= 0.6 is 11.6 Å². The number of methoxy groups -OCH3 is 1. The van der Waals surface area contributed by atoms with Gasteiger partial charge in [0.25, 0.3) is 0 Å². The lowest BCUT2D eigenvalue weighted by Gasteiger charge is -2.27. The number of rotatable bonds is 3. The molecule has 116 valence electrons. The summed E-state index contributed by atoms with van der Waals surface area (Å²) in [5.41, 5.74) is 1.51. The third kappa shape index (κ3) is 2.89. The van der Waals surface area contributed by atoms with Gasteiger partial charge in [-0.1, -0.05) is 11.6 Å². The summed E-state index contributed by atoms with van der Waals surface area (Å²) in [5.74, 6) is 0.642. The minimum Gasteiger partial charge on any atom is -0.481 e. The Morgan fingerprint density at radius 1 is 1.32 bits per heavy atom. The van der Waals surface area contributed by atoms with E-state index in [4.69, 9.17) is 16.3 Å². The van der Waals surface area contributed by atoms with Crippen molar-refractivity contribution in [3.63, 3.8) is 0 Å². The summed E-state index contributed by atoms with van der Waals surface area (Å²) >= 11 is 6.03. The number of benzene rings is 1. The highest BCUT2D eigenvalue weighted by atomic mass is 35.5. The van der Waals surface area contributed by atoms with Crippen LogP contribution in [0.3, 0.4) is 0 Å². The van der Waals surface area contributed by atoms with Gasteiger partial charge in [0.1, 0.15) is 0 Å². The van der Waals surface area contributed by atoms with Crippen LogP contribution in [0.1, 0.15) is 18.0 Å². The average molecular weight is 339 g/mol. The van der Waals surface area contributed by atoms with E-state index in [2.05, 4.69) is 10.3 Å². The zero-order valence-corrected chi connectivity index (χ0v) is 13.5. The summed E-state index contributed by atoms with van der Waals surface area (Å²) < 4.78 is 29.4. The maximum Gasteiger partial charge on any atom is 0.213 e. The predicted octanol–water partition coefficient (Wildman–Crippen LogP) is 3.07. The number of halogens is 1. The topological polar surface area (TPSA) is 68.3 Å². The molecule has 2 aromatic rings. The van der Waals surface area contributed by atoms with E-state index in [1.165, 1.54) is 0 Å². The van der Waals surface area contributed by atoms with E-state index in [1.54, 1.807) is 37.6 Å². The monoisotopic (exact) mass is 338 g/mol. The van der Waals surface area contributed by atoms with E-state index in [0.717, 1.165) is 5.69 Å². The molecule has 1 aromatic heterocycles. The second-order valence-electron chi connectivity index (χ2n) is 5.08. The van der Waals surface area contributed by atoms with E-state index in [-0.39, 0.29) is 11.8 Å². The first-order chi connectivity index (χ1) is 10.5. The van der Waals surface area contributed by atoms with Gasteiger partial charge in [-0.2, -0.15) is 0 Å². The molecule has 0 fully saturated rings. The Morgan fingerprint density at radius 3 is 2.82 bits per heavy atom. The Bertz CT molecular complexity index is 791. The van der Waals surface area contributed by atoms with Crippen LogP contribution in [0.5, 0.6) is 5.88 Å². The molecule has 3 rings (SSSR count). The number of hydrogen-bond donors (Lipinski definition) is 1. The molecule has 0 unspecified atom stereocenters. The van der Waals surface area contributed by atoms with Crippen molar-refractivity contribution in [1.82, 2.24) is 4.98 Å². The fraction of sp³-hybridized carbons (Fsp3) is 0.267. The Kier molecular flexibility index (Phi) is 3.97. The molecular weight excluding hydrogens is 324 g/mol. The van der Waals surface area contributed by atoms with Gasteiger partial charge in [0, 0.05) is 11.1 Å². The quantitative estimate of drug-likeness (QED) is 0.931.